The predicted octanol–water partition coefficient (Wildman–Crippen LogP) is 3.10. The summed E-state index contributed by atoms with van der Waals surface area (Å²) in [5.74, 6) is -0.434. The largest absolute Gasteiger partial charge is 0.449 e. The zero-order chi connectivity index (χ0) is 23.2. The Kier molecular flexibility index (Phi) is 7.06. The molecule has 3 heterocycles. The lowest BCUT2D eigenvalue weighted by molar-refractivity contribution is -0.135. The Hall–Kier alpha value is -3.63. The minimum atomic E-state index is -0.584. The van der Waals surface area contributed by atoms with Crippen LogP contribution in [0, 0.1) is 0 Å². The van der Waals surface area contributed by atoms with Gasteiger partial charge in [-0.25, -0.2) is 9.78 Å². The van der Waals surface area contributed by atoms with Gasteiger partial charge in [-0.1, -0.05) is 23.7 Å². The van der Waals surface area contributed by atoms with Crippen LogP contribution in [-0.4, -0.2) is 60.6 Å². The minimum absolute atomic E-state index is 0.0529. The van der Waals surface area contributed by atoms with Gasteiger partial charge >= 0.3 is 6.03 Å². The molecule has 0 saturated carbocycles. The van der Waals surface area contributed by atoms with E-state index in [4.69, 9.17) is 20.8 Å². The number of para-hydroxylation sites is 1. The fraction of sp³-hybridized carbons (Fsp3) is 0.273. The highest BCUT2D eigenvalue weighted by Gasteiger charge is 2.23. The van der Waals surface area contributed by atoms with Crippen molar-refractivity contribution in [2.24, 2.45) is 0 Å². The maximum atomic E-state index is 12.8. The molecule has 1 saturated heterocycles. The number of ether oxygens (including phenoxy) is 1. The van der Waals surface area contributed by atoms with Crippen molar-refractivity contribution in [3.63, 3.8) is 0 Å². The standard InChI is InChI=1S/C22H22ClN5O5/c23-14-5-6-17(25-13-14)26-21(30)20-19(15-3-1-2-4-16(15)33-20)27-22(31)24-8-7-18(29)28-9-11-32-12-10-28/h1-6,13H,7-12H2,(H2,24,27,31)(H,25,26,30). The number of hydrogen-bond donors (Lipinski definition) is 3. The Bertz CT molecular complexity index is 1160. The number of amides is 4. The normalized spacial score (nSPS) is 13.5. The van der Waals surface area contributed by atoms with Crippen LogP contribution < -0.4 is 16.0 Å². The van der Waals surface area contributed by atoms with E-state index < -0.39 is 11.9 Å². The van der Waals surface area contributed by atoms with E-state index in [0.717, 1.165) is 0 Å². The zero-order valence-corrected chi connectivity index (χ0v) is 18.4. The summed E-state index contributed by atoms with van der Waals surface area (Å²) in [4.78, 5) is 43.3. The van der Waals surface area contributed by atoms with Crippen LogP contribution in [0.25, 0.3) is 11.0 Å². The van der Waals surface area contributed by atoms with Gasteiger partial charge in [-0.15, -0.1) is 0 Å². The third kappa shape index (κ3) is 5.60. The van der Waals surface area contributed by atoms with E-state index in [1.54, 1.807) is 41.3 Å². The second-order valence-electron chi connectivity index (χ2n) is 7.24. The molecule has 3 aromatic rings. The number of urea groups is 1. The van der Waals surface area contributed by atoms with Gasteiger partial charge in [0.1, 0.15) is 17.1 Å². The van der Waals surface area contributed by atoms with Crippen LogP contribution >= 0.6 is 11.6 Å². The van der Waals surface area contributed by atoms with Crippen LogP contribution in [0.5, 0.6) is 0 Å². The number of carbonyl (C=O) groups excluding carboxylic acids is 3. The van der Waals surface area contributed by atoms with Gasteiger partial charge in [-0.2, -0.15) is 0 Å². The number of nitrogens with one attached hydrogen (secondary N) is 3. The highest BCUT2D eigenvalue weighted by molar-refractivity contribution is 6.30. The van der Waals surface area contributed by atoms with Crippen molar-refractivity contribution in [3.05, 3.63) is 53.4 Å². The summed E-state index contributed by atoms with van der Waals surface area (Å²) in [7, 11) is 0. The molecule has 11 heteroatoms. The minimum Gasteiger partial charge on any atom is -0.449 e. The third-order valence-corrected chi connectivity index (χ3v) is 5.22. The summed E-state index contributed by atoms with van der Waals surface area (Å²) in [5.41, 5.74) is 0.651. The van der Waals surface area contributed by atoms with E-state index in [-0.39, 0.29) is 36.1 Å². The molecule has 0 spiro atoms. The molecule has 1 aliphatic rings. The summed E-state index contributed by atoms with van der Waals surface area (Å²) < 4.78 is 10.9. The molecule has 1 aromatic carbocycles. The summed E-state index contributed by atoms with van der Waals surface area (Å²) in [6.45, 7) is 2.28. The number of halogens is 1. The van der Waals surface area contributed by atoms with E-state index in [2.05, 4.69) is 20.9 Å². The van der Waals surface area contributed by atoms with E-state index in [9.17, 15) is 14.4 Å². The number of benzene rings is 1. The second-order valence-corrected chi connectivity index (χ2v) is 7.68. The number of furan rings is 1. The number of fused-ring (bicyclic) bond motifs is 1. The number of nitrogens with zero attached hydrogens (tertiary/aromatic N) is 2. The molecule has 3 N–H and O–H groups in total. The molecule has 172 valence electrons. The quantitative estimate of drug-likeness (QED) is 0.507. The van der Waals surface area contributed by atoms with E-state index >= 15 is 0 Å². The van der Waals surface area contributed by atoms with Crippen molar-refractivity contribution in [3.8, 4) is 0 Å². The Labute approximate surface area is 194 Å². The first kappa shape index (κ1) is 22.6. The molecular formula is C22H22ClN5O5. The SMILES string of the molecule is O=C(NCCC(=O)N1CCOCC1)Nc1c(C(=O)Nc2ccc(Cl)cn2)oc2ccccc12. The van der Waals surface area contributed by atoms with Crippen molar-refractivity contribution in [1.29, 1.82) is 0 Å². The molecule has 1 aliphatic heterocycles. The number of pyridine rings is 1. The van der Waals surface area contributed by atoms with Gasteiger partial charge in [0.15, 0.2) is 0 Å². The summed E-state index contributed by atoms with van der Waals surface area (Å²) in [5, 5.41) is 8.93. The van der Waals surface area contributed by atoms with Gasteiger partial charge in [0.2, 0.25) is 11.7 Å². The zero-order valence-electron chi connectivity index (χ0n) is 17.6. The lowest BCUT2D eigenvalue weighted by atomic mass is 10.2. The molecular weight excluding hydrogens is 450 g/mol. The van der Waals surface area contributed by atoms with Gasteiger partial charge < -0.3 is 30.0 Å². The Morgan fingerprint density at radius 3 is 2.61 bits per heavy atom. The highest BCUT2D eigenvalue weighted by atomic mass is 35.5. The lowest BCUT2D eigenvalue weighted by Crippen LogP contribution is -2.42. The van der Waals surface area contributed by atoms with Crippen molar-refractivity contribution >= 4 is 51.9 Å². The van der Waals surface area contributed by atoms with Gasteiger partial charge in [0, 0.05) is 37.6 Å². The van der Waals surface area contributed by atoms with E-state index in [1.165, 1.54) is 6.20 Å². The summed E-state index contributed by atoms with van der Waals surface area (Å²) >= 11 is 5.83. The van der Waals surface area contributed by atoms with Gasteiger partial charge in [-0.05, 0) is 24.3 Å². The molecule has 0 atom stereocenters. The summed E-state index contributed by atoms with van der Waals surface area (Å²) in [6.07, 6.45) is 1.57. The predicted molar refractivity (Wildman–Crippen MR) is 122 cm³/mol. The number of carbonyl (C=O) groups is 3. The van der Waals surface area contributed by atoms with Gasteiger partial charge in [-0.3, -0.25) is 9.59 Å². The highest BCUT2D eigenvalue weighted by Crippen LogP contribution is 2.31. The number of morpholine rings is 1. The van der Waals surface area contributed by atoms with Crippen LogP contribution in [0.2, 0.25) is 5.02 Å². The van der Waals surface area contributed by atoms with Crippen molar-refractivity contribution < 1.29 is 23.5 Å². The Morgan fingerprint density at radius 1 is 1.06 bits per heavy atom. The maximum absolute atomic E-state index is 12.8. The Balaban J connectivity index is 1.42. The smallest absolute Gasteiger partial charge is 0.319 e. The topological polar surface area (TPSA) is 126 Å². The molecule has 0 unspecified atom stereocenters. The third-order valence-electron chi connectivity index (χ3n) is 5.00. The maximum Gasteiger partial charge on any atom is 0.319 e. The van der Waals surface area contributed by atoms with Gasteiger partial charge in [0.25, 0.3) is 5.91 Å². The van der Waals surface area contributed by atoms with Crippen LogP contribution in [0.4, 0.5) is 16.3 Å². The summed E-state index contributed by atoms with van der Waals surface area (Å²) in [6, 6.07) is 9.53. The molecule has 4 amide bonds. The second kappa shape index (κ2) is 10.3. The average molecular weight is 472 g/mol. The van der Waals surface area contributed by atoms with Crippen LogP contribution in [0.3, 0.4) is 0 Å². The first-order valence-electron chi connectivity index (χ1n) is 10.4. The number of aromatic nitrogens is 1. The number of anilines is 2. The lowest BCUT2D eigenvalue weighted by Gasteiger charge is -2.26. The first-order chi connectivity index (χ1) is 16.0. The van der Waals surface area contributed by atoms with Crippen LogP contribution in [-0.2, 0) is 9.53 Å². The Morgan fingerprint density at radius 2 is 1.85 bits per heavy atom. The average Bonchev–Trinajstić information content (AvgIpc) is 3.19. The van der Waals surface area contributed by atoms with Crippen LogP contribution in [0.1, 0.15) is 17.0 Å². The molecule has 2 aromatic heterocycles. The first-order valence-corrected chi connectivity index (χ1v) is 10.7. The van der Waals surface area contributed by atoms with Crippen LogP contribution in [0.15, 0.2) is 47.0 Å². The van der Waals surface area contributed by atoms with Crippen molar-refractivity contribution in [2.75, 3.05) is 43.5 Å². The fourth-order valence-electron chi connectivity index (χ4n) is 3.36. The monoisotopic (exact) mass is 471 g/mol. The molecule has 0 bridgehead atoms. The fourth-order valence-corrected chi connectivity index (χ4v) is 3.48. The molecule has 10 nitrogen and oxygen atoms in total. The molecule has 0 radical (unpaired) electrons. The van der Waals surface area contributed by atoms with E-state index in [0.29, 0.717) is 42.3 Å². The molecule has 33 heavy (non-hydrogen) atoms. The number of rotatable bonds is 6. The van der Waals surface area contributed by atoms with Gasteiger partial charge in [0.05, 0.1) is 18.2 Å². The van der Waals surface area contributed by atoms with E-state index in [1.807, 2.05) is 0 Å². The number of hydrogen-bond acceptors (Lipinski definition) is 6. The van der Waals surface area contributed by atoms with Crippen molar-refractivity contribution in [1.82, 2.24) is 15.2 Å². The van der Waals surface area contributed by atoms with Crippen molar-refractivity contribution in [2.45, 2.75) is 6.42 Å². The molecule has 4 rings (SSSR count). The molecule has 0 aliphatic carbocycles. The molecule has 1 fully saturated rings.